The summed E-state index contributed by atoms with van der Waals surface area (Å²) >= 11 is 0. The van der Waals surface area contributed by atoms with Crippen molar-refractivity contribution < 1.29 is 30.4 Å². The van der Waals surface area contributed by atoms with Gasteiger partial charge in [-0.15, -0.1) is 0 Å². The minimum atomic E-state index is -4.49. The minimum absolute atomic E-state index is 0.153. The van der Waals surface area contributed by atoms with Crippen molar-refractivity contribution >= 4 is 15.8 Å². The molecule has 0 radical (unpaired) electrons. The van der Waals surface area contributed by atoms with Crippen molar-refractivity contribution in [3.63, 3.8) is 0 Å². The van der Waals surface area contributed by atoms with Crippen LogP contribution in [0.1, 0.15) is 12.0 Å². The van der Waals surface area contributed by atoms with Gasteiger partial charge in [0.15, 0.2) is 0 Å². The first-order valence-corrected chi connectivity index (χ1v) is 9.30. The lowest BCUT2D eigenvalue weighted by Crippen LogP contribution is -2.37. The first-order chi connectivity index (χ1) is 12.6. The molecule has 146 valence electrons. The molecule has 0 spiro atoms. The highest BCUT2D eigenvalue weighted by atomic mass is 32.2. The number of aromatic nitrogens is 1. The second-order valence-electron chi connectivity index (χ2n) is 6.03. The normalized spacial score (nSPS) is 18.1. The third kappa shape index (κ3) is 4.35. The van der Waals surface area contributed by atoms with Crippen LogP contribution in [0.15, 0.2) is 41.4 Å². The van der Waals surface area contributed by atoms with Crippen molar-refractivity contribution in [3.8, 4) is 0 Å². The van der Waals surface area contributed by atoms with E-state index in [1.165, 1.54) is 6.07 Å². The predicted octanol–water partition coefficient (Wildman–Crippen LogP) is 2.94. The first kappa shape index (κ1) is 19.5. The van der Waals surface area contributed by atoms with Crippen LogP contribution < -0.4 is 9.62 Å². The lowest BCUT2D eigenvalue weighted by Gasteiger charge is -2.18. The van der Waals surface area contributed by atoms with E-state index in [-0.39, 0.29) is 12.4 Å². The molecule has 1 aliphatic heterocycles. The number of alkyl halides is 3. The number of benzene rings is 1. The first-order valence-electron chi connectivity index (χ1n) is 7.82. The molecular weight excluding hydrogens is 393 g/mol. The van der Waals surface area contributed by atoms with Gasteiger partial charge in [-0.25, -0.2) is 26.9 Å². The molecule has 0 aliphatic carbocycles. The second kappa shape index (κ2) is 7.04. The van der Waals surface area contributed by atoms with Gasteiger partial charge in [0.25, 0.3) is 0 Å². The Kier molecular flexibility index (Phi) is 5.08. The zero-order valence-electron chi connectivity index (χ0n) is 13.7. The zero-order valence-corrected chi connectivity index (χ0v) is 14.5. The molecule has 1 aromatic heterocycles. The van der Waals surface area contributed by atoms with Crippen LogP contribution >= 0.6 is 0 Å². The van der Waals surface area contributed by atoms with E-state index < -0.39 is 44.3 Å². The van der Waals surface area contributed by atoms with Crippen molar-refractivity contribution in [2.24, 2.45) is 0 Å². The molecule has 0 amide bonds. The molecule has 1 N–H and O–H groups in total. The number of hydrogen-bond acceptors (Lipinski definition) is 4. The van der Waals surface area contributed by atoms with E-state index in [1.807, 2.05) is 0 Å². The molecule has 0 saturated carbocycles. The van der Waals surface area contributed by atoms with Gasteiger partial charge in [0, 0.05) is 31.4 Å². The molecule has 0 bridgehead atoms. The van der Waals surface area contributed by atoms with Crippen molar-refractivity contribution in [1.29, 1.82) is 0 Å². The number of hydrogen-bond donors (Lipinski definition) is 1. The largest absolute Gasteiger partial charge is 0.417 e. The zero-order chi connectivity index (χ0) is 19.8. The molecule has 5 nitrogen and oxygen atoms in total. The Morgan fingerprint density at radius 1 is 1.15 bits per heavy atom. The molecule has 3 rings (SSSR count). The predicted molar refractivity (Wildman–Crippen MR) is 86.5 cm³/mol. The Hall–Kier alpha value is -2.27. The van der Waals surface area contributed by atoms with Crippen molar-refractivity contribution in [2.45, 2.75) is 23.5 Å². The highest BCUT2D eigenvalue weighted by Crippen LogP contribution is 2.30. The van der Waals surface area contributed by atoms with E-state index in [1.54, 1.807) is 4.90 Å². The molecule has 1 aliphatic rings. The van der Waals surface area contributed by atoms with Crippen molar-refractivity contribution in [1.82, 2.24) is 9.71 Å². The Balaban J connectivity index is 1.69. The van der Waals surface area contributed by atoms with Gasteiger partial charge in [-0.1, -0.05) is 0 Å². The fourth-order valence-corrected chi connectivity index (χ4v) is 4.10. The SMILES string of the molecule is O=S(=O)(NC1CCN(c2ccc(C(F)(F)F)cn2)C1)c1ccc(F)cc1F. The summed E-state index contributed by atoms with van der Waals surface area (Å²) < 4.78 is 91.3. The van der Waals surface area contributed by atoms with Crippen LogP contribution in [0.25, 0.3) is 0 Å². The summed E-state index contributed by atoms with van der Waals surface area (Å²) in [6.07, 6.45) is -3.43. The summed E-state index contributed by atoms with van der Waals surface area (Å²) in [5.41, 5.74) is -0.880. The van der Waals surface area contributed by atoms with Crippen LogP contribution in [0.5, 0.6) is 0 Å². The van der Waals surface area contributed by atoms with Gasteiger partial charge in [0.2, 0.25) is 10.0 Å². The molecular formula is C16H14F5N3O2S. The standard InChI is InChI=1S/C16H14F5N3O2S/c17-11-2-3-14(13(18)7-11)27(25,26)23-12-5-6-24(9-12)15-4-1-10(8-22-15)16(19,20)21/h1-4,7-8,12,23H,5-6,9H2. The van der Waals surface area contributed by atoms with E-state index in [0.717, 1.165) is 18.2 Å². The number of nitrogens with one attached hydrogen (secondary N) is 1. The number of halogens is 5. The fourth-order valence-electron chi connectivity index (χ4n) is 2.78. The lowest BCUT2D eigenvalue weighted by atomic mass is 10.3. The Bertz CT molecular complexity index is 932. The molecule has 1 fully saturated rings. The van der Waals surface area contributed by atoms with E-state index in [4.69, 9.17) is 0 Å². The summed E-state index contributed by atoms with van der Waals surface area (Å²) in [4.78, 5) is 4.72. The van der Waals surface area contributed by atoms with E-state index in [9.17, 15) is 30.4 Å². The average molecular weight is 407 g/mol. The third-order valence-electron chi connectivity index (χ3n) is 4.09. The van der Waals surface area contributed by atoms with E-state index in [0.29, 0.717) is 25.2 Å². The number of anilines is 1. The van der Waals surface area contributed by atoms with Gasteiger partial charge in [-0.2, -0.15) is 13.2 Å². The molecule has 2 aromatic rings. The van der Waals surface area contributed by atoms with E-state index in [2.05, 4.69) is 9.71 Å². The van der Waals surface area contributed by atoms with Crippen LogP contribution in [0, 0.1) is 11.6 Å². The molecule has 2 heterocycles. The topological polar surface area (TPSA) is 62.3 Å². The average Bonchev–Trinajstić information content (AvgIpc) is 3.01. The summed E-state index contributed by atoms with van der Waals surface area (Å²) in [5, 5.41) is 0. The van der Waals surface area contributed by atoms with Gasteiger partial charge >= 0.3 is 6.18 Å². The van der Waals surface area contributed by atoms with Crippen LogP contribution in [-0.4, -0.2) is 32.5 Å². The Labute approximate surface area is 151 Å². The van der Waals surface area contributed by atoms with Gasteiger partial charge < -0.3 is 4.90 Å². The van der Waals surface area contributed by atoms with Crippen molar-refractivity contribution in [2.75, 3.05) is 18.0 Å². The highest BCUT2D eigenvalue weighted by molar-refractivity contribution is 7.89. The smallest absolute Gasteiger partial charge is 0.355 e. The Morgan fingerprint density at radius 3 is 2.48 bits per heavy atom. The van der Waals surface area contributed by atoms with Crippen molar-refractivity contribution in [3.05, 3.63) is 53.7 Å². The molecule has 27 heavy (non-hydrogen) atoms. The van der Waals surface area contributed by atoms with Gasteiger partial charge in [0.05, 0.1) is 5.56 Å². The maximum absolute atomic E-state index is 13.7. The molecule has 1 unspecified atom stereocenters. The molecule has 1 atom stereocenters. The quantitative estimate of drug-likeness (QED) is 0.792. The van der Waals surface area contributed by atoms with Crippen LogP contribution in [0.2, 0.25) is 0 Å². The van der Waals surface area contributed by atoms with E-state index >= 15 is 0 Å². The molecule has 1 saturated heterocycles. The maximum atomic E-state index is 13.7. The Morgan fingerprint density at radius 2 is 1.89 bits per heavy atom. The number of sulfonamides is 1. The minimum Gasteiger partial charge on any atom is -0.355 e. The van der Waals surface area contributed by atoms with Crippen LogP contribution in [0.3, 0.4) is 0 Å². The summed E-state index contributed by atoms with van der Waals surface area (Å²) in [5.74, 6) is -1.83. The number of pyridine rings is 1. The monoisotopic (exact) mass is 407 g/mol. The number of nitrogens with zero attached hydrogens (tertiary/aromatic N) is 2. The molecule has 11 heteroatoms. The van der Waals surface area contributed by atoms with Gasteiger partial charge in [-0.3, -0.25) is 0 Å². The fraction of sp³-hybridized carbons (Fsp3) is 0.312. The van der Waals surface area contributed by atoms with Crippen LogP contribution in [-0.2, 0) is 16.2 Å². The summed E-state index contributed by atoms with van der Waals surface area (Å²) in [7, 11) is -4.21. The lowest BCUT2D eigenvalue weighted by molar-refractivity contribution is -0.137. The third-order valence-corrected chi connectivity index (χ3v) is 5.65. The van der Waals surface area contributed by atoms with Gasteiger partial charge in [-0.05, 0) is 30.7 Å². The second-order valence-corrected chi connectivity index (χ2v) is 7.71. The molecule has 1 aromatic carbocycles. The maximum Gasteiger partial charge on any atom is 0.417 e. The summed E-state index contributed by atoms with van der Waals surface area (Å²) in [6, 6.07) is 3.65. The summed E-state index contributed by atoms with van der Waals surface area (Å²) in [6.45, 7) is 0.512. The van der Waals surface area contributed by atoms with Gasteiger partial charge in [0.1, 0.15) is 22.3 Å². The van der Waals surface area contributed by atoms with Crippen LogP contribution in [0.4, 0.5) is 27.8 Å². The number of rotatable bonds is 4. The highest BCUT2D eigenvalue weighted by Gasteiger charge is 2.32.